The average molecular weight is 558 g/mol. The number of carbonyl (C=O) groups is 2. The molecule has 3 fully saturated rings. The Bertz CT molecular complexity index is 928. The average Bonchev–Trinajstić information content (AvgIpc) is 3.25. The fraction of sp³-hybridized carbons (Fsp3) is 0.886. The van der Waals surface area contributed by atoms with Gasteiger partial charge in [-0.2, -0.15) is 0 Å². The number of rotatable bonds is 13. The van der Waals surface area contributed by atoms with Crippen molar-refractivity contribution in [2.45, 2.75) is 137 Å². The molecular weight excluding hydrogens is 498 g/mol. The van der Waals surface area contributed by atoms with E-state index >= 15 is 0 Å². The molecule has 228 valence electrons. The zero-order valence-corrected chi connectivity index (χ0v) is 26.5. The third-order valence-electron chi connectivity index (χ3n) is 12.2. The van der Waals surface area contributed by atoms with Gasteiger partial charge in [0.05, 0.1) is 12.0 Å². The van der Waals surface area contributed by atoms with Crippen LogP contribution in [0.4, 0.5) is 0 Å². The summed E-state index contributed by atoms with van der Waals surface area (Å²) in [5, 5.41) is 11.5. The number of hydrogen-bond acceptors (Lipinski definition) is 3. The van der Waals surface area contributed by atoms with Crippen molar-refractivity contribution in [3.63, 3.8) is 0 Å². The Morgan fingerprint density at radius 2 is 1.77 bits per heavy atom. The number of ether oxygens (including phenoxy) is 1. The van der Waals surface area contributed by atoms with E-state index in [0.717, 1.165) is 54.8 Å². The number of carboxylic acid groups (broad SMARTS) is 1. The lowest BCUT2D eigenvalue weighted by molar-refractivity contribution is -0.138. The maximum absolute atomic E-state index is 11.8. The Balaban J connectivity index is 1.31. The third-order valence-corrected chi connectivity index (χ3v) is 12.2. The molecule has 0 heterocycles. The van der Waals surface area contributed by atoms with E-state index in [1.54, 1.807) is 5.57 Å². The molecule has 0 unspecified atom stereocenters. The van der Waals surface area contributed by atoms with Crippen LogP contribution in [0.5, 0.6) is 0 Å². The second kappa shape index (κ2) is 12.9. The van der Waals surface area contributed by atoms with Crippen LogP contribution in [-0.4, -0.2) is 35.7 Å². The molecule has 1 amide bonds. The van der Waals surface area contributed by atoms with Gasteiger partial charge < -0.3 is 15.2 Å². The second-order valence-electron chi connectivity index (χ2n) is 15.4. The smallest absolute Gasteiger partial charge is 0.303 e. The van der Waals surface area contributed by atoms with Crippen molar-refractivity contribution in [3.8, 4) is 0 Å². The van der Waals surface area contributed by atoms with E-state index in [4.69, 9.17) is 9.84 Å². The van der Waals surface area contributed by atoms with Crippen LogP contribution in [0, 0.1) is 46.3 Å². The van der Waals surface area contributed by atoms with Gasteiger partial charge >= 0.3 is 5.97 Å². The Kier molecular flexibility index (Phi) is 10.2. The maximum Gasteiger partial charge on any atom is 0.303 e. The van der Waals surface area contributed by atoms with Crippen molar-refractivity contribution < 1.29 is 19.4 Å². The van der Waals surface area contributed by atoms with Crippen molar-refractivity contribution in [3.05, 3.63) is 11.6 Å². The zero-order chi connectivity index (χ0) is 29.1. The van der Waals surface area contributed by atoms with Gasteiger partial charge in [0.2, 0.25) is 5.91 Å². The van der Waals surface area contributed by atoms with Crippen LogP contribution >= 0.6 is 0 Å². The largest absolute Gasteiger partial charge is 0.481 e. The van der Waals surface area contributed by atoms with Crippen molar-refractivity contribution in [2.24, 2.45) is 46.3 Å². The number of fused-ring (bicyclic) bond motifs is 5. The van der Waals surface area contributed by atoms with Gasteiger partial charge in [0.1, 0.15) is 0 Å². The Labute approximate surface area is 244 Å². The molecular formula is C35H59NO4. The highest BCUT2D eigenvalue weighted by Gasteiger charge is 2.59. The van der Waals surface area contributed by atoms with Crippen molar-refractivity contribution in [1.82, 2.24) is 5.32 Å². The van der Waals surface area contributed by atoms with E-state index in [-0.39, 0.29) is 24.3 Å². The normalized spacial score (nSPS) is 37.7. The topological polar surface area (TPSA) is 75.6 Å². The quantitative estimate of drug-likeness (QED) is 0.177. The van der Waals surface area contributed by atoms with Gasteiger partial charge in [-0.25, -0.2) is 0 Å². The summed E-state index contributed by atoms with van der Waals surface area (Å²) in [7, 11) is 0. The molecule has 40 heavy (non-hydrogen) atoms. The first-order valence-electron chi connectivity index (χ1n) is 16.7. The minimum Gasteiger partial charge on any atom is -0.481 e. The molecule has 2 N–H and O–H groups in total. The fourth-order valence-electron chi connectivity index (χ4n) is 9.87. The predicted octanol–water partition coefficient (Wildman–Crippen LogP) is 8.17. The van der Waals surface area contributed by atoms with Gasteiger partial charge in [0.15, 0.2) is 0 Å². The van der Waals surface area contributed by atoms with Crippen LogP contribution in [0.1, 0.15) is 131 Å². The van der Waals surface area contributed by atoms with Gasteiger partial charge in [-0.15, -0.1) is 0 Å². The van der Waals surface area contributed by atoms with Crippen LogP contribution in [0.3, 0.4) is 0 Å². The molecule has 3 saturated carbocycles. The first kappa shape index (κ1) is 31.6. The predicted molar refractivity (Wildman–Crippen MR) is 162 cm³/mol. The molecule has 4 aliphatic rings. The molecule has 0 aliphatic heterocycles. The number of allylic oxidation sites excluding steroid dienone is 1. The summed E-state index contributed by atoms with van der Waals surface area (Å²) in [4.78, 5) is 22.4. The highest BCUT2D eigenvalue weighted by molar-refractivity contribution is 5.80. The monoisotopic (exact) mass is 557 g/mol. The first-order chi connectivity index (χ1) is 18.9. The van der Waals surface area contributed by atoms with E-state index in [1.807, 2.05) is 0 Å². The maximum atomic E-state index is 11.8. The second-order valence-corrected chi connectivity index (χ2v) is 15.4. The molecule has 0 bridgehead atoms. The molecule has 0 saturated heterocycles. The Hall–Kier alpha value is -1.36. The summed E-state index contributed by atoms with van der Waals surface area (Å²) in [6, 6.07) is 0. The van der Waals surface area contributed by atoms with Crippen LogP contribution in [0.2, 0.25) is 0 Å². The standard InChI is InChI=1S/C35H59NO4/c1-24(2)9-7-10-25(3)28-13-14-29-27-12-11-26-23-33(4,40-22-8-21-36-31(37)15-16-32(38)39)19-20-34(26,5)30(27)17-18-35(28,29)6/h11,24-25,27-30H,7-10,12-23H2,1-6H3,(H,36,37)(H,38,39)/t25-,27+,28-,29+,30+,33+,34+,35-/m1/s1. The van der Waals surface area contributed by atoms with Crippen LogP contribution in [0.25, 0.3) is 0 Å². The Morgan fingerprint density at radius 1 is 1.00 bits per heavy atom. The van der Waals surface area contributed by atoms with Crippen LogP contribution in [-0.2, 0) is 14.3 Å². The molecule has 0 radical (unpaired) electrons. The fourth-order valence-corrected chi connectivity index (χ4v) is 9.87. The highest BCUT2D eigenvalue weighted by atomic mass is 16.5. The van der Waals surface area contributed by atoms with E-state index in [0.29, 0.717) is 24.0 Å². The highest BCUT2D eigenvalue weighted by Crippen LogP contribution is 2.68. The van der Waals surface area contributed by atoms with Gasteiger partial charge in [-0.3, -0.25) is 9.59 Å². The van der Waals surface area contributed by atoms with E-state index in [2.05, 4.69) is 52.9 Å². The molecule has 0 spiro atoms. The van der Waals surface area contributed by atoms with Crippen LogP contribution in [0.15, 0.2) is 11.6 Å². The number of aliphatic carboxylic acids is 1. The number of amides is 1. The molecule has 5 nitrogen and oxygen atoms in total. The van der Waals surface area contributed by atoms with Gasteiger partial charge in [-0.1, -0.05) is 65.5 Å². The van der Waals surface area contributed by atoms with Gasteiger partial charge in [-0.05, 0) is 111 Å². The zero-order valence-electron chi connectivity index (χ0n) is 26.5. The first-order valence-corrected chi connectivity index (χ1v) is 16.7. The lowest BCUT2D eigenvalue weighted by Crippen LogP contribution is -2.52. The Morgan fingerprint density at radius 3 is 2.50 bits per heavy atom. The minimum absolute atomic E-state index is 0.0425. The van der Waals surface area contributed by atoms with E-state index in [9.17, 15) is 9.59 Å². The summed E-state index contributed by atoms with van der Waals surface area (Å²) in [5.41, 5.74) is 2.39. The summed E-state index contributed by atoms with van der Waals surface area (Å²) in [5.74, 6) is 4.05. The van der Waals surface area contributed by atoms with Gasteiger partial charge in [0, 0.05) is 19.6 Å². The lowest BCUT2D eigenvalue weighted by Gasteiger charge is -2.59. The summed E-state index contributed by atoms with van der Waals surface area (Å²) < 4.78 is 6.47. The summed E-state index contributed by atoms with van der Waals surface area (Å²) in [6.45, 7) is 16.0. The van der Waals surface area contributed by atoms with Crippen molar-refractivity contribution in [1.29, 1.82) is 0 Å². The van der Waals surface area contributed by atoms with E-state index < -0.39 is 5.97 Å². The summed E-state index contributed by atoms with van der Waals surface area (Å²) >= 11 is 0. The number of carbonyl (C=O) groups excluding carboxylic acids is 1. The van der Waals surface area contributed by atoms with Crippen molar-refractivity contribution >= 4 is 11.9 Å². The van der Waals surface area contributed by atoms with Gasteiger partial charge in [0.25, 0.3) is 0 Å². The third kappa shape index (κ3) is 6.81. The van der Waals surface area contributed by atoms with Crippen molar-refractivity contribution in [2.75, 3.05) is 13.2 Å². The number of nitrogens with one attached hydrogen (secondary N) is 1. The molecule has 4 rings (SSSR count). The summed E-state index contributed by atoms with van der Waals surface area (Å²) in [6.07, 6.45) is 17.9. The molecule has 0 aromatic heterocycles. The van der Waals surface area contributed by atoms with E-state index in [1.165, 1.54) is 57.8 Å². The number of carboxylic acids is 1. The molecule has 5 heteroatoms. The molecule has 0 aromatic rings. The lowest BCUT2D eigenvalue weighted by atomic mass is 9.46. The SMILES string of the molecule is CC(C)CCC[C@@H](C)[C@H]1CC[C@H]2[C@@H]3CC=C4C[C@@](C)(OCCCNC(=O)CCC(=O)O)CC[C@]4(C)[C@H]3CC[C@]12C. The minimum atomic E-state index is -0.934. The van der Waals surface area contributed by atoms with Crippen LogP contribution < -0.4 is 5.32 Å². The molecule has 0 aromatic carbocycles. The molecule has 4 aliphatic carbocycles. The molecule has 8 atom stereocenters. The number of hydrogen-bond donors (Lipinski definition) is 2.